The molecule has 3 N–H and O–H groups in total. The maximum absolute atomic E-state index is 9.24. The quantitative estimate of drug-likeness (QED) is 0.800. The van der Waals surface area contributed by atoms with Crippen molar-refractivity contribution in [2.24, 2.45) is 0 Å². The first-order valence-electron chi connectivity index (χ1n) is 6.60. The van der Waals surface area contributed by atoms with Crippen LogP contribution in [0.25, 0.3) is 10.2 Å². The van der Waals surface area contributed by atoms with Gasteiger partial charge in [-0.05, 0) is 12.5 Å². The summed E-state index contributed by atoms with van der Waals surface area (Å²) in [6.45, 7) is 3.87. The van der Waals surface area contributed by atoms with Crippen molar-refractivity contribution in [3.8, 4) is 0 Å². The fraction of sp³-hybridized carbons (Fsp3) is 0.538. The van der Waals surface area contributed by atoms with Gasteiger partial charge in [-0.2, -0.15) is 4.98 Å². The number of methoxy groups -OCH3 is 1. The summed E-state index contributed by atoms with van der Waals surface area (Å²) in [5, 5.41) is 10.2. The topological polar surface area (TPSA) is 84.5 Å². The molecule has 0 aromatic carbocycles. The maximum atomic E-state index is 9.24. The number of aryl methyl sites for hydroxylation is 1. The van der Waals surface area contributed by atoms with Gasteiger partial charge in [-0.25, -0.2) is 4.98 Å². The number of hydrogen-bond acceptors (Lipinski definition) is 7. The van der Waals surface area contributed by atoms with Gasteiger partial charge in [0.25, 0.3) is 0 Å². The summed E-state index contributed by atoms with van der Waals surface area (Å²) in [5.41, 5.74) is 5.80. The number of anilines is 2. The lowest BCUT2D eigenvalue weighted by atomic mass is 10.3. The number of hydrogen-bond donors (Lipinski definition) is 2. The molecule has 0 spiro atoms. The van der Waals surface area contributed by atoms with Crippen molar-refractivity contribution in [1.82, 2.24) is 9.97 Å². The predicted octanol–water partition coefficient (Wildman–Crippen LogP) is 1.28. The zero-order valence-corrected chi connectivity index (χ0v) is 12.6. The Balaban J connectivity index is 2.45. The predicted molar refractivity (Wildman–Crippen MR) is 82.4 cm³/mol. The first-order chi connectivity index (χ1) is 9.69. The Morgan fingerprint density at radius 1 is 1.40 bits per heavy atom. The van der Waals surface area contributed by atoms with E-state index in [1.165, 1.54) is 4.88 Å². The molecule has 0 aliphatic rings. The minimum Gasteiger partial charge on any atom is -0.395 e. The second-order valence-corrected chi connectivity index (χ2v) is 5.51. The molecule has 6 nitrogen and oxygen atoms in total. The van der Waals surface area contributed by atoms with E-state index < -0.39 is 0 Å². The average Bonchev–Trinajstić information content (AvgIpc) is 2.85. The number of rotatable bonds is 7. The molecular weight excluding hydrogens is 276 g/mol. The van der Waals surface area contributed by atoms with Crippen LogP contribution in [0.15, 0.2) is 6.07 Å². The lowest BCUT2D eigenvalue weighted by Gasteiger charge is -2.23. The molecule has 0 radical (unpaired) electrons. The number of nitrogen functional groups attached to an aromatic ring is 1. The Labute approximate surface area is 122 Å². The monoisotopic (exact) mass is 296 g/mol. The average molecular weight is 296 g/mol. The molecule has 0 amide bonds. The highest BCUT2D eigenvalue weighted by Crippen LogP contribution is 2.31. The van der Waals surface area contributed by atoms with Crippen LogP contribution in [0.5, 0.6) is 0 Å². The minimum absolute atomic E-state index is 0.0554. The van der Waals surface area contributed by atoms with Crippen LogP contribution in [0.1, 0.15) is 11.8 Å². The van der Waals surface area contributed by atoms with E-state index in [4.69, 9.17) is 10.5 Å². The van der Waals surface area contributed by atoms with E-state index >= 15 is 0 Å². The number of nitrogens with two attached hydrogens (primary N) is 1. The van der Waals surface area contributed by atoms with Crippen molar-refractivity contribution in [3.05, 3.63) is 10.9 Å². The Morgan fingerprint density at radius 2 is 2.20 bits per heavy atom. The van der Waals surface area contributed by atoms with Crippen LogP contribution in [0.3, 0.4) is 0 Å². The first-order valence-corrected chi connectivity index (χ1v) is 7.42. The molecule has 0 fully saturated rings. The number of thiophene rings is 1. The Hall–Kier alpha value is -1.44. The molecule has 0 saturated heterocycles. The van der Waals surface area contributed by atoms with Crippen LogP contribution >= 0.6 is 11.3 Å². The molecule has 110 valence electrons. The third kappa shape index (κ3) is 3.17. The van der Waals surface area contributed by atoms with E-state index in [0.717, 1.165) is 22.5 Å². The molecule has 2 rings (SSSR count). The van der Waals surface area contributed by atoms with Crippen LogP contribution in [0, 0.1) is 0 Å². The van der Waals surface area contributed by atoms with Crippen molar-refractivity contribution >= 4 is 33.3 Å². The summed E-state index contributed by atoms with van der Waals surface area (Å²) in [6, 6.07) is 2.10. The van der Waals surface area contributed by atoms with Gasteiger partial charge in [-0.3, -0.25) is 0 Å². The third-order valence-corrected chi connectivity index (χ3v) is 4.20. The largest absolute Gasteiger partial charge is 0.395 e. The number of nitrogens with zero attached hydrogens (tertiary/aromatic N) is 3. The molecule has 7 heteroatoms. The molecule has 0 aliphatic heterocycles. The fourth-order valence-electron chi connectivity index (χ4n) is 2.03. The molecule has 0 atom stereocenters. The van der Waals surface area contributed by atoms with Gasteiger partial charge in [0, 0.05) is 25.1 Å². The summed E-state index contributed by atoms with van der Waals surface area (Å²) in [6.07, 6.45) is 0.957. The van der Waals surface area contributed by atoms with Gasteiger partial charge in [0.15, 0.2) is 0 Å². The summed E-state index contributed by atoms with van der Waals surface area (Å²) < 4.78 is 5.11. The van der Waals surface area contributed by atoms with Crippen LogP contribution < -0.4 is 10.6 Å². The van der Waals surface area contributed by atoms with Crippen LogP contribution in [-0.2, 0) is 11.2 Å². The third-order valence-electron chi connectivity index (χ3n) is 3.02. The van der Waals surface area contributed by atoms with Gasteiger partial charge >= 0.3 is 0 Å². The second-order valence-electron chi connectivity index (χ2n) is 4.39. The SMILES string of the molecule is CCc1cc2c(N(CCO)CCOC)nc(N)nc2s1. The van der Waals surface area contributed by atoms with Crippen molar-refractivity contribution in [3.63, 3.8) is 0 Å². The zero-order valence-electron chi connectivity index (χ0n) is 11.8. The molecule has 0 unspecified atom stereocenters. The number of aliphatic hydroxyl groups excluding tert-OH is 1. The standard InChI is InChI=1S/C13H20N4O2S/c1-3-9-8-10-11(15-13(14)16-12(10)20-9)17(4-6-18)5-7-19-2/h8,18H,3-7H2,1-2H3,(H2,14,15,16). The van der Waals surface area contributed by atoms with Crippen molar-refractivity contribution in [1.29, 1.82) is 0 Å². The maximum Gasteiger partial charge on any atom is 0.223 e. The van der Waals surface area contributed by atoms with Crippen molar-refractivity contribution < 1.29 is 9.84 Å². The first kappa shape index (κ1) is 15.0. The summed E-state index contributed by atoms with van der Waals surface area (Å²) in [5.74, 6) is 1.03. The van der Waals surface area contributed by atoms with E-state index in [1.54, 1.807) is 18.4 Å². The van der Waals surface area contributed by atoms with Crippen LogP contribution in [-0.4, -0.2) is 48.5 Å². The lowest BCUT2D eigenvalue weighted by molar-refractivity contribution is 0.202. The molecule has 2 heterocycles. The van der Waals surface area contributed by atoms with Crippen molar-refractivity contribution in [2.75, 3.05) is 44.0 Å². The number of ether oxygens (including phenoxy) is 1. The normalized spacial score (nSPS) is 11.2. The molecule has 0 aliphatic carbocycles. The Bertz CT molecular complexity index is 573. The smallest absolute Gasteiger partial charge is 0.223 e. The molecule has 0 saturated carbocycles. The Kier molecular flexibility index (Phi) is 5.11. The highest BCUT2D eigenvalue weighted by atomic mass is 32.1. The molecule has 2 aromatic rings. The van der Waals surface area contributed by atoms with E-state index in [1.807, 2.05) is 4.90 Å². The molecule has 2 aromatic heterocycles. The summed E-state index contributed by atoms with van der Waals surface area (Å²) in [7, 11) is 1.65. The van der Waals surface area contributed by atoms with Gasteiger partial charge in [0.2, 0.25) is 5.95 Å². The second kappa shape index (κ2) is 6.83. The molecule has 20 heavy (non-hydrogen) atoms. The van der Waals surface area contributed by atoms with E-state index in [9.17, 15) is 5.11 Å². The molecule has 0 bridgehead atoms. The van der Waals surface area contributed by atoms with Crippen LogP contribution in [0.2, 0.25) is 0 Å². The van der Waals surface area contributed by atoms with E-state index in [0.29, 0.717) is 19.7 Å². The number of aromatic nitrogens is 2. The lowest BCUT2D eigenvalue weighted by Crippen LogP contribution is -2.31. The van der Waals surface area contributed by atoms with E-state index in [2.05, 4.69) is 23.0 Å². The van der Waals surface area contributed by atoms with Gasteiger partial charge in [0.05, 0.1) is 18.6 Å². The minimum atomic E-state index is 0.0554. The summed E-state index contributed by atoms with van der Waals surface area (Å²) >= 11 is 1.63. The van der Waals surface area contributed by atoms with Gasteiger partial charge < -0.3 is 20.5 Å². The zero-order chi connectivity index (χ0) is 14.5. The number of fused-ring (bicyclic) bond motifs is 1. The fourth-order valence-corrected chi connectivity index (χ4v) is 3.00. The van der Waals surface area contributed by atoms with E-state index in [-0.39, 0.29) is 12.6 Å². The molecular formula is C13H20N4O2S. The van der Waals surface area contributed by atoms with Gasteiger partial charge in [0.1, 0.15) is 10.6 Å². The Morgan fingerprint density at radius 3 is 2.85 bits per heavy atom. The van der Waals surface area contributed by atoms with Crippen molar-refractivity contribution in [2.45, 2.75) is 13.3 Å². The summed E-state index contributed by atoms with van der Waals surface area (Å²) in [4.78, 5) is 12.8. The van der Waals surface area contributed by atoms with Gasteiger partial charge in [-0.15, -0.1) is 11.3 Å². The number of aliphatic hydroxyl groups is 1. The van der Waals surface area contributed by atoms with Crippen LogP contribution in [0.4, 0.5) is 11.8 Å². The highest BCUT2D eigenvalue weighted by molar-refractivity contribution is 7.18. The highest BCUT2D eigenvalue weighted by Gasteiger charge is 2.15. The van der Waals surface area contributed by atoms with Gasteiger partial charge in [-0.1, -0.05) is 6.92 Å².